The van der Waals surface area contributed by atoms with Crippen LogP contribution in [0.2, 0.25) is 0 Å². The third kappa shape index (κ3) is 3.04. The molecule has 20 heavy (non-hydrogen) atoms. The van der Waals surface area contributed by atoms with Gasteiger partial charge in [-0.25, -0.2) is 4.79 Å². The number of halogens is 2. The van der Waals surface area contributed by atoms with Crippen LogP contribution in [0, 0.1) is 0 Å². The van der Waals surface area contributed by atoms with E-state index in [9.17, 15) is 18.4 Å². The van der Waals surface area contributed by atoms with Gasteiger partial charge in [-0.05, 0) is 18.2 Å². The first-order valence-corrected chi connectivity index (χ1v) is 6.77. The highest BCUT2D eigenvalue weighted by molar-refractivity contribution is 7.14. The highest BCUT2D eigenvalue weighted by Gasteiger charge is 2.47. The highest BCUT2D eigenvalue weighted by Crippen LogP contribution is 2.28. The summed E-state index contributed by atoms with van der Waals surface area (Å²) in [6.07, 6.45) is 2.90. The minimum absolute atomic E-state index is 0.0635. The van der Waals surface area contributed by atoms with Gasteiger partial charge in [0.2, 0.25) is 0 Å². The fourth-order valence-electron chi connectivity index (χ4n) is 1.84. The SMILES string of the molecule is COC(=O)c1ccc(/C=C\CN2CCC(F)(F)C2=O)s1. The van der Waals surface area contributed by atoms with Gasteiger partial charge in [-0.3, -0.25) is 4.79 Å². The number of carbonyl (C=O) groups excluding carboxylic acids is 2. The summed E-state index contributed by atoms with van der Waals surface area (Å²) >= 11 is 1.24. The van der Waals surface area contributed by atoms with Gasteiger partial charge >= 0.3 is 11.9 Å². The van der Waals surface area contributed by atoms with Gasteiger partial charge in [-0.15, -0.1) is 11.3 Å². The molecule has 0 aromatic carbocycles. The van der Waals surface area contributed by atoms with E-state index < -0.39 is 24.2 Å². The normalized spacial score (nSPS) is 17.9. The first-order chi connectivity index (χ1) is 9.44. The van der Waals surface area contributed by atoms with E-state index in [0.717, 1.165) is 9.78 Å². The molecule has 2 heterocycles. The summed E-state index contributed by atoms with van der Waals surface area (Å²) in [4.78, 5) is 24.9. The number of methoxy groups -OCH3 is 1. The molecule has 0 saturated carbocycles. The molecule has 4 nitrogen and oxygen atoms in total. The first kappa shape index (κ1) is 14.6. The number of hydrogen-bond acceptors (Lipinski definition) is 4. The van der Waals surface area contributed by atoms with E-state index in [1.165, 1.54) is 18.4 Å². The minimum Gasteiger partial charge on any atom is -0.465 e. The van der Waals surface area contributed by atoms with Crippen molar-refractivity contribution >= 4 is 29.3 Å². The van der Waals surface area contributed by atoms with Crippen molar-refractivity contribution in [1.29, 1.82) is 0 Å². The number of rotatable bonds is 4. The van der Waals surface area contributed by atoms with Crippen molar-refractivity contribution in [2.75, 3.05) is 20.2 Å². The van der Waals surface area contributed by atoms with E-state index in [2.05, 4.69) is 4.74 Å². The number of amides is 1. The van der Waals surface area contributed by atoms with Crippen LogP contribution in [0.3, 0.4) is 0 Å². The lowest BCUT2D eigenvalue weighted by molar-refractivity contribution is -0.147. The smallest absolute Gasteiger partial charge is 0.348 e. The van der Waals surface area contributed by atoms with Crippen LogP contribution in [0.5, 0.6) is 0 Å². The van der Waals surface area contributed by atoms with E-state index in [4.69, 9.17) is 0 Å². The average Bonchev–Trinajstić information content (AvgIpc) is 2.98. The van der Waals surface area contributed by atoms with Crippen molar-refractivity contribution in [3.8, 4) is 0 Å². The molecule has 1 fully saturated rings. The van der Waals surface area contributed by atoms with Crippen LogP contribution in [-0.4, -0.2) is 42.9 Å². The maximum atomic E-state index is 13.0. The predicted octanol–water partition coefficient (Wildman–Crippen LogP) is 2.42. The maximum Gasteiger partial charge on any atom is 0.348 e. The van der Waals surface area contributed by atoms with E-state index in [1.54, 1.807) is 24.3 Å². The lowest BCUT2D eigenvalue weighted by Crippen LogP contribution is -2.33. The Morgan fingerprint density at radius 3 is 2.90 bits per heavy atom. The van der Waals surface area contributed by atoms with Gasteiger partial charge in [-0.2, -0.15) is 8.78 Å². The fourth-order valence-corrected chi connectivity index (χ4v) is 2.70. The Morgan fingerprint density at radius 2 is 2.30 bits per heavy atom. The fraction of sp³-hybridized carbons (Fsp3) is 0.385. The Hall–Kier alpha value is -1.76. The first-order valence-electron chi connectivity index (χ1n) is 5.96. The Morgan fingerprint density at radius 1 is 1.55 bits per heavy atom. The van der Waals surface area contributed by atoms with E-state index in [-0.39, 0.29) is 13.1 Å². The topological polar surface area (TPSA) is 46.6 Å². The van der Waals surface area contributed by atoms with Gasteiger partial charge in [0.15, 0.2) is 0 Å². The minimum atomic E-state index is -3.23. The number of nitrogens with zero attached hydrogens (tertiary/aromatic N) is 1. The molecule has 2 rings (SSSR count). The molecule has 1 aliphatic rings. The number of alkyl halides is 2. The molecule has 1 aromatic rings. The quantitative estimate of drug-likeness (QED) is 0.802. The summed E-state index contributed by atoms with van der Waals surface area (Å²) in [5, 5.41) is 0. The lowest BCUT2D eigenvalue weighted by atomic mass is 10.3. The summed E-state index contributed by atoms with van der Waals surface area (Å²) in [6, 6.07) is 3.36. The number of esters is 1. The molecule has 7 heteroatoms. The average molecular weight is 301 g/mol. The molecule has 0 N–H and O–H groups in total. The summed E-state index contributed by atoms with van der Waals surface area (Å²) in [6.45, 7) is 0.202. The molecule has 1 aliphatic heterocycles. The summed E-state index contributed by atoms with van der Waals surface area (Å²) in [5.41, 5.74) is 0. The molecule has 1 saturated heterocycles. The Bertz CT molecular complexity index is 554. The van der Waals surface area contributed by atoms with Crippen molar-refractivity contribution in [3.05, 3.63) is 28.0 Å². The molecule has 0 bridgehead atoms. The lowest BCUT2D eigenvalue weighted by Gasteiger charge is -2.12. The summed E-state index contributed by atoms with van der Waals surface area (Å²) < 4.78 is 30.6. The van der Waals surface area contributed by atoms with Crippen LogP contribution in [0.15, 0.2) is 18.2 Å². The number of thiophene rings is 1. The van der Waals surface area contributed by atoms with Crippen LogP contribution < -0.4 is 0 Å². The molecule has 0 aliphatic carbocycles. The van der Waals surface area contributed by atoms with Crippen LogP contribution in [-0.2, 0) is 9.53 Å². The maximum absolute atomic E-state index is 13.0. The number of carbonyl (C=O) groups is 2. The van der Waals surface area contributed by atoms with Crippen LogP contribution >= 0.6 is 11.3 Å². The third-order valence-electron chi connectivity index (χ3n) is 2.92. The Kier molecular flexibility index (Phi) is 4.17. The van der Waals surface area contributed by atoms with Crippen molar-refractivity contribution in [1.82, 2.24) is 4.90 Å². The van der Waals surface area contributed by atoms with Crippen molar-refractivity contribution < 1.29 is 23.1 Å². The summed E-state index contributed by atoms with van der Waals surface area (Å²) in [5.74, 6) is -4.76. The second-order valence-electron chi connectivity index (χ2n) is 4.30. The van der Waals surface area contributed by atoms with Crippen LogP contribution in [0.1, 0.15) is 21.0 Å². The number of hydrogen-bond donors (Lipinski definition) is 0. The standard InChI is InChI=1S/C13H13F2NO3S/c1-19-11(17)10-5-4-9(20-10)3-2-7-16-8-6-13(14,15)12(16)18/h2-5H,6-8H2,1H3/b3-2-. The molecule has 0 radical (unpaired) electrons. The van der Waals surface area contributed by atoms with Gasteiger partial charge < -0.3 is 9.64 Å². The molecule has 1 aromatic heterocycles. The third-order valence-corrected chi connectivity index (χ3v) is 3.95. The molecule has 108 valence electrons. The Labute approximate surface area is 118 Å². The second kappa shape index (κ2) is 5.70. The Balaban J connectivity index is 1.93. The molecule has 0 atom stereocenters. The number of likely N-dealkylation sites (tertiary alicyclic amines) is 1. The van der Waals surface area contributed by atoms with Crippen LogP contribution in [0.4, 0.5) is 8.78 Å². The predicted molar refractivity (Wildman–Crippen MR) is 70.8 cm³/mol. The van der Waals surface area contributed by atoms with Gasteiger partial charge in [0.05, 0.1) is 7.11 Å². The zero-order valence-electron chi connectivity index (χ0n) is 10.8. The van der Waals surface area contributed by atoms with E-state index >= 15 is 0 Å². The van der Waals surface area contributed by atoms with Gasteiger partial charge in [0, 0.05) is 24.4 Å². The zero-order chi connectivity index (χ0) is 14.8. The molecule has 0 spiro atoms. The molecular weight excluding hydrogens is 288 g/mol. The van der Waals surface area contributed by atoms with Crippen molar-refractivity contribution in [2.45, 2.75) is 12.3 Å². The second-order valence-corrected chi connectivity index (χ2v) is 5.42. The summed E-state index contributed by atoms with van der Waals surface area (Å²) in [7, 11) is 1.30. The molecule has 1 amide bonds. The monoisotopic (exact) mass is 301 g/mol. The van der Waals surface area contributed by atoms with Crippen LogP contribution in [0.25, 0.3) is 6.08 Å². The van der Waals surface area contributed by atoms with Crippen molar-refractivity contribution in [3.63, 3.8) is 0 Å². The zero-order valence-corrected chi connectivity index (χ0v) is 11.6. The van der Waals surface area contributed by atoms with Gasteiger partial charge in [0.25, 0.3) is 5.91 Å². The van der Waals surface area contributed by atoms with Gasteiger partial charge in [0.1, 0.15) is 4.88 Å². The van der Waals surface area contributed by atoms with Crippen molar-refractivity contribution in [2.24, 2.45) is 0 Å². The highest BCUT2D eigenvalue weighted by atomic mass is 32.1. The van der Waals surface area contributed by atoms with E-state index in [0.29, 0.717) is 4.88 Å². The van der Waals surface area contributed by atoms with E-state index in [1.807, 2.05) is 0 Å². The molecular formula is C13H13F2NO3S. The van der Waals surface area contributed by atoms with Gasteiger partial charge in [-0.1, -0.05) is 6.08 Å². The largest absolute Gasteiger partial charge is 0.465 e. The molecule has 0 unspecified atom stereocenters. The number of ether oxygens (including phenoxy) is 1.